The summed E-state index contributed by atoms with van der Waals surface area (Å²) in [6.45, 7) is 3.33. The van der Waals surface area contributed by atoms with Gasteiger partial charge in [0.2, 0.25) is 0 Å². The Balaban J connectivity index is 2.30. The van der Waals surface area contributed by atoms with E-state index in [1.807, 2.05) is 0 Å². The Morgan fingerprint density at radius 3 is 2.16 bits per heavy atom. The number of fused-ring (bicyclic) bond motifs is 1. The molecule has 0 amide bonds. The van der Waals surface area contributed by atoms with Crippen LogP contribution in [0, 0.1) is 20.2 Å². The number of rotatable bonds is 6. The van der Waals surface area contributed by atoms with Crippen LogP contribution in [0.5, 0.6) is 11.5 Å². The van der Waals surface area contributed by atoms with Gasteiger partial charge in [-0.15, -0.1) is 10.2 Å². The third-order valence-electron chi connectivity index (χ3n) is 4.22. The monoisotopic (exact) mass is 461 g/mol. The first-order chi connectivity index (χ1) is 14.9. The quantitative estimate of drug-likeness (QED) is 0.158. The van der Waals surface area contributed by atoms with Crippen LogP contribution in [0.3, 0.4) is 0 Å². The number of nitro benzene ring substituents is 2. The van der Waals surface area contributed by atoms with E-state index in [2.05, 4.69) is 21.9 Å². The minimum Gasteiger partial charge on any atom is -0.505 e. The van der Waals surface area contributed by atoms with Gasteiger partial charge < -0.3 is 10.2 Å². The SMILES string of the molecule is C=Nc1ccc2cc(S(=O)(=O)O)c(N=Nc3cc(O)c([N+](=O)[O-])cc3[N+](=O)[O-])c(O)c2c1. The Bertz CT molecular complexity index is 1450. The van der Waals surface area contributed by atoms with Crippen LogP contribution < -0.4 is 0 Å². The van der Waals surface area contributed by atoms with Crippen molar-refractivity contribution in [3.8, 4) is 11.5 Å². The molecule has 0 bridgehead atoms. The summed E-state index contributed by atoms with van der Waals surface area (Å²) in [6, 6.07) is 6.19. The molecule has 0 atom stereocenters. The van der Waals surface area contributed by atoms with Crippen LogP contribution in [0.25, 0.3) is 10.8 Å². The van der Waals surface area contributed by atoms with Gasteiger partial charge in [0, 0.05) is 11.5 Å². The van der Waals surface area contributed by atoms with E-state index >= 15 is 0 Å². The van der Waals surface area contributed by atoms with Crippen LogP contribution in [-0.2, 0) is 10.1 Å². The molecule has 164 valence electrons. The Morgan fingerprint density at radius 1 is 0.938 bits per heavy atom. The number of benzene rings is 3. The number of aliphatic imine (C=N–C) groups is 1. The van der Waals surface area contributed by atoms with Crippen molar-refractivity contribution in [2.24, 2.45) is 15.2 Å². The van der Waals surface area contributed by atoms with Gasteiger partial charge in [0.25, 0.3) is 10.1 Å². The van der Waals surface area contributed by atoms with E-state index < -0.39 is 59.1 Å². The van der Waals surface area contributed by atoms with Gasteiger partial charge in [0.15, 0.2) is 17.2 Å². The van der Waals surface area contributed by atoms with Gasteiger partial charge in [-0.25, -0.2) is 0 Å². The van der Waals surface area contributed by atoms with E-state index in [0.717, 1.165) is 6.07 Å². The second-order valence-corrected chi connectivity index (χ2v) is 7.54. The number of hydrogen-bond acceptors (Lipinski definition) is 11. The third-order valence-corrected chi connectivity index (χ3v) is 5.09. The molecule has 3 rings (SSSR count). The number of phenolic OH excluding ortho intramolecular Hbond substituents is 2. The number of phenols is 2. The molecule has 14 nitrogen and oxygen atoms in total. The molecule has 0 saturated carbocycles. The Morgan fingerprint density at radius 2 is 1.59 bits per heavy atom. The average molecular weight is 461 g/mol. The lowest BCUT2D eigenvalue weighted by Gasteiger charge is -2.09. The van der Waals surface area contributed by atoms with Gasteiger partial charge >= 0.3 is 11.4 Å². The molecule has 0 aliphatic heterocycles. The number of hydrogen-bond donors (Lipinski definition) is 3. The van der Waals surface area contributed by atoms with E-state index in [4.69, 9.17) is 0 Å². The van der Waals surface area contributed by atoms with Crippen LogP contribution in [0.4, 0.5) is 28.4 Å². The maximum absolute atomic E-state index is 11.8. The number of nitrogens with zero attached hydrogens (tertiary/aromatic N) is 5. The summed E-state index contributed by atoms with van der Waals surface area (Å²) in [5, 5.41) is 49.7. The van der Waals surface area contributed by atoms with Gasteiger partial charge in [0.1, 0.15) is 16.6 Å². The number of azo groups is 1. The lowest BCUT2D eigenvalue weighted by atomic mass is 10.1. The molecule has 3 aromatic rings. The van der Waals surface area contributed by atoms with Crippen molar-refractivity contribution in [3.05, 3.63) is 56.6 Å². The van der Waals surface area contributed by atoms with E-state index in [1.54, 1.807) is 0 Å². The molecule has 0 saturated heterocycles. The van der Waals surface area contributed by atoms with Gasteiger partial charge in [-0.1, -0.05) is 6.07 Å². The summed E-state index contributed by atoms with van der Waals surface area (Å²) in [6.07, 6.45) is 0. The highest BCUT2D eigenvalue weighted by molar-refractivity contribution is 7.86. The molecule has 15 heteroatoms. The maximum Gasteiger partial charge on any atom is 0.317 e. The van der Waals surface area contributed by atoms with E-state index in [9.17, 15) is 43.4 Å². The van der Waals surface area contributed by atoms with E-state index in [0.29, 0.717) is 17.8 Å². The summed E-state index contributed by atoms with van der Waals surface area (Å²) in [4.78, 5) is 22.9. The summed E-state index contributed by atoms with van der Waals surface area (Å²) < 4.78 is 33.2. The van der Waals surface area contributed by atoms with Crippen LogP contribution in [0.15, 0.2) is 56.5 Å². The summed E-state index contributed by atoms with van der Waals surface area (Å²) >= 11 is 0. The van der Waals surface area contributed by atoms with Crippen molar-refractivity contribution in [1.82, 2.24) is 0 Å². The number of aromatic hydroxyl groups is 2. The second-order valence-electron chi connectivity index (χ2n) is 6.15. The van der Waals surface area contributed by atoms with Gasteiger partial charge in [-0.05, 0) is 30.3 Å². The zero-order valence-electron chi connectivity index (χ0n) is 15.6. The zero-order valence-corrected chi connectivity index (χ0v) is 16.4. The molecule has 0 unspecified atom stereocenters. The van der Waals surface area contributed by atoms with Crippen LogP contribution >= 0.6 is 0 Å². The normalized spacial score (nSPS) is 11.7. The fourth-order valence-electron chi connectivity index (χ4n) is 2.75. The van der Waals surface area contributed by atoms with E-state index in [-0.39, 0.29) is 10.8 Å². The first-order valence-electron chi connectivity index (χ1n) is 8.25. The highest BCUT2D eigenvalue weighted by Gasteiger charge is 2.26. The van der Waals surface area contributed by atoms with Crippen LogP contribution in [-0.4, -0.2) is 39.7 Å². The smallest absolute Gasteiger partial charge is 0.317 e. The van der Waals surface area contributed by atoms with Crippen molar-refractivity contribution >= 4 is 56.0 Å². The fraction of sp³-hybridized carbons (Fsp3) is 0. The molecule has 0 radical (unpaired) electrons. The van der Waals surface area contributed by atoms with Crippen LogP contribution in [0.1, 0.15) is 0 Å². The van der Waals surface area contributed by atoms with Gasteiger partial charge in [-0.3, -0.25) is 29.8 Å². The van der Waals surface area contributed by atoms with Crippen molar-refractivity contribution in [3.63, 3.8) is 0 Å². The molecule has 0 aliphatic rings. The van der Waals surface area contributed by atoms with Crippen LogP contribution in [0.2, 0.25) is 0 Å². The first kappa shape index (κ1) is 22.2. The lowest BCUT2D eigenvalue weighted by Crippen LogP contribution is -1.99. The average Bonchev–Trinajstić information content (AvgIpc) is 2.71. The largest absolute Gasteiger partial charge is 0.505 e. The molecule has 3 aromatic carbocycles. The summed E-state index contributed by atoms with van der Waals surface area (Å²) in [7, 11) is -4.94. The highest BCUT2D eigenvalue weighted by atomic mass is 32.2. The number of nitro groups is 2. The minimum atomic E-state index is -4.94. The predicted octanol–water partition coefficient (Wildman–Crippen LogP) is 4.06. The lowest BCUT2D eigenvalue weighted by molar-refractivity contribution is -0.394. The highest BCUT2D eigenvalue weighted by Crippen LogP contribution is 2.44. The van der Waals surface area contributed by atoms with Gasteiger partial charge in [0.05, 0.1) is 15.5 Å². The maximum atomic E-state index is 11.8. The molecule has 0 spiro atoms. The molecule has 3 N–H and O–H groups in total. The molecule has 0 fully saturated rings. The molecule has 0 aliphatic carbocycles. The van der Waals surface area contributed by atoms with Crippen molar-refractivity contribution in [2.75, 3.05) is 0 Å². The zero-order chi connectivity index (χ0) is 23.8. The Labute approximate surface area is 177 Å². The second kappa shape index (κ2) is 7.97. The van der Waals surface area contributed by atoms with E-state index in [1.165, 1.54) is 18.2 Å². The summed E-state index contributed by atoms with van der Waals surface area (Å²) in [5.74, 6) is -1.72. The topological polar surface area (TPSA) is 218 Å². The Kier molecular flexibility index (Phi) is 5.53. The summed E-state index contributed by atoms with van der Waals surface area (Å²) in [5.41, 5.74) is -3.03. The Hall–Kier alpha value is -4.50. The molecule has 32 heavy (non-hydrogen) atoms. The molecular weight excluding hydrogens is 450 g/mol. The standard InChI is InChI=1S/C17H11N5O9S/c1-18-9-3-2-8-4-15(32(29,30)31)16(17(24)10(8)5-9)20-19-11-6-14(23)13(22(27)28)7-12(11)21(25)26/h2-7,23-24H,1H2,(H,29,30,31). The molecular formula is C17H11N5O9S. The third kappa shape index (κ3) is 4.05. The molecule has 0 aromatic heterocycles. The van der Waals surface area contributed by atoms with Gasteiger partial charge in [-0.2, -0.15) is 8.42 Å². The van der Waals surface area contributed by atoms with Crippen molar-refractivity contribution < 1.29 is 33.0 Å². The first-order valence-corrected chi connectivity index (χ1v) is 9.69. The van der Waals surface area contributed by atoms with Crippen molar-refractivity contribution in [1.29, 1.82) is 0 Å². The van der Waals surface area contributed by atoms with Crippen molar-refractivity contribution in [2.45, 2.75) is 4.90 Å². The minimum absolute atomic E-state index is 0.0531. The predicted molar refractivity (Wildman–Crippen MR) is 110 cm³/mol. The molecule has 0 heterocycles. The fourth-order valence-corrected chi connectivity index (χ4v) is 3.41.